The maximum absolute atomic E-state index is 13.3. The molecule has 0 radical (unpaired) electrons. The summed E-state index contributed by atoms with van der Waals surface area (Å²) in [5.41, 5.74) is 5.25. The lowest BCUT2D eigenvalue weighted by molar-refractivity contribution is -0.122. The van der Waals surface area contributed by atoms with Crippen LogP contribution in [0.3, 0.4) is 0 Å². The van der Waals surface area contributed by atoms with Crippen LogP contribution in [0.1, 0.15) is 60.2 Å². The average Bonchev–Trinajstić information content (AvgIpc) is 3.20. The van der Waals surface area contributed by atoms with Crippen LogP contribution < -0.4 is 25.2 Å². The molecule has 4 amide bonds. The van der Waals surface area contributed by atoms with Crippen molar-refractivity contribution in [3.8, 4) is 11.5 Å². The Hall–Kier alpha value is -4.08. The first kappa shape index (κ1) is 25.0. The third-order valence-corrected chi connectivity index (χ3v) is 6.51. The molecule has 4 rings (SSSR count). The van der Waals surface area contributed by atoms with Crippen LogP contribution in [-0.2, 0) is 9.59 Å². The zero-order valence-electron chi connectivity index (χ0n) is 20.6. The Kier molecular flexibility index (Phi) is 7.14. The Morgan fingerprint density at radius 1 is 1.08 bits per heavy atom. The predicted octanol–water partition coefficient (Wildman–Crippen LogP) is 2.63. The van der Waals surface area contributed by atoms with Crippen molar-refractivity contribution in [1.82, 2.24) is 15.8 Å². The highest BCUT2D eigenvalue weighted by molar-refractivity contribution is 6.10. The summed E-state index contributed by atoms with van der Waals surface area (Å²) in [5.74, 6) is -0.333. The summed E-state index contributed by atoms with van der Waals surface area (Å²) in [4.78, 5) is 54.2. The highest BCUT2D eigenvalue weighted by Gasteiger charge is 2.52. The van der Waals surface area contributed by atoms with E-state index in [0.29, 0.717) is 42.2 Å². The van der Waals surface area contributed by atoms with Crippen LogP contribution in [0.25, 0.3) is 0 Å². The molecule has 1 atom stereocenters. The second-order valence-corrected chi connectivity index (χ2v) is 8.89. The molecule has 2 aliphatic heterocycles. The first-order valence-corrected chi connectivity index (χ1v) is 11.9. The SMILES string of the molecule is CCCOc1ccc(C(=O)NNC(=O)CCN2C(=O)c3ccccc3N3C(=O)CCC23C)cc1OC. The van der Waals surface area contributed by atoms with Crippen LogP contribution in [0.5, 0.6) is 11.5 Å². The van der Waals surface area contributed by atoms with Gasteiger partial charge < -0.3 is 14.4 Å². The molecule has 2 aromatic carbocycles. The van der Waals surface area contributed by atoms with E-state index in [1.165, 1.54) is 13.2 Å². The number of amides is 4. The molecule has 10 heteroatoms. The van der Waals surface area contributed by atoms with Crippen molar-refractivity contribution in [3.05, 3.63) is 53.6 Å². The van der Waals surface area contributed by atoms with E-state index in [1.807, 2.05) is 13.8 Å². The number of benzene rings is 2. The summed E-state index contributed by atoms with van der Waals surface area (Å²) in [6, 6.07) is 11.7. The lowest BCUT2D eigenvalue weighted by Crippen LogP contribution is -2.62. The van der Waals surface area contributed by atoms with Gasteiger partial charge in [-0.05, 0) is 50.1 Å². The smallest absolute Gasteiger partial charge is 0.269 e. The average molecular weight is 495 g/mol. The van der Waals surface area contributed by atoms with Crippen molar-refractivity contribution in [1.29, 1.82) is 0 Å². The molecule has 2 heterocycles. The number of methoxy groups -OCH3 is 1. The number of rotatable bonds is 8. The molecular weight excluding hydrogens is 464 g/mol. The van der Waals surface area contributed by atoms with Gasteiger partial charge in [-0.1, -0.05) is 19.1 Å². The number of carbonyl (C=O) groups excluding carboxylic acids is 4. The van der Waals surface area contributed by atoms with Gasteiger partial charge in [-0.2, -0.15) is 0 Å². The summed E-state index contributed by atoms with van der Waals surface area (Å²) in [6.45, 7) is 4.44. The van der Waals surface area contributed by atoms with Crippen molar-refractivity contribution in [2.45, 2.75) is 45.2 Å². The van der Waals surface area contributed by atoms with Crippen molar-refractivity contribution in [2.24, 2.45) is 0 Å². The predicted molar refractivity (Wildman–Crippen MR) is 132 cm³/mol. The van der Waals surface area contributed by atoms with Crippen LogP contribution in [-0.4, -0.2) is 54.5 Å². The zero-order valence-corrected chi connectivity index (χ0v) is 20.6. The maximum Gasteiger partial charge on any atom is 0.269 e. The van der Waals surface area contributed by atoms with Crippen LogP contribution in [0.2, 0.25) is 0 Å². The lowest BCUT2D eigenvalue weighted by atomic mass is 9.98. The van der Waals surface area contributed by atoms with Crippen molar-refractivity contribution < 1.29 is 28.7 Å². The fourth-order valence-electron chi connectivity index (χ4n) is 4.66. The van der Waals surface area contributed by atoms with Gasteiger partial charge in [-0.25, -0.2) is 0 Å². The van der Waals surface area contributed by atoms with E-state index in [4.69, 9.17) is 9.47 Å². The molecule has 0 spiro atoms. The Labute approximate surface area is 209 Å². The van der Waals surface area contributed by atoms with Gasteiger partial charge in [0.15, 0.2) is 11.5 Å². The van der Waals surface area contributed by atoms with Gasteiger partial charge in [0.1, 0.15) is 5.66 Å². The Morgan fingerprint density at radius 2 is 1.86 bits per heavy atom. The molecule has 0 aromatic heterocycles. The number of carbonyl (C=O) groups is 4. The van der Waals surface area contributed by atoms with Crippen LogP contribution in [0.15, 0.2) is 42.5 Å². The zero-order chi connectivity index (χ0) is 25.9. The summed E-state index contributed by atoms with van der Waals surface area (Å²) < 4.78 is 10.9. The molecule has 1 saturated heterocycles. The summed E-state index contributed by atoms with van der Waals surface area (Å²) >= 11 is 0. The van der Waals surface area contributed by atoms with Crippen LogP contribution in [0, 0.1) is 0 Å². The van der Waals surface area contributed by atoms with E-state index in [-0.39, 0.29) is 30.3 Å². The first-order valence-electron chi connectivity index (χ1n) is 11.9. The van der Waals surface area contributed by atoms with Crippen molar-refractivity contribution in [3.63, 3.8) is 0 Å². The van der Waals surface area contributed by atoms with Gasteiger partial charge in [0, 0.05) is 24.9 Å². The molecule has 36 heavy (non-hydrogen) atoms. The standard InChI is InChI=1S/C26H30N4O6/c1-4-15-36-20-10-9-17(16-21(20)35-3)24(33)28-27-22(31)12-14-29-25(34)18-7-5-6-8-19(18)30-23(32)11-13-26(29,30)2/h5-10,16H,4,11-15H2,1-3H3,(H,27,31)(H,28,33). The first-order chi connectivity index (χ1) is 17.3. The number of anilines is 1. The minimum atomic E-state index is -0.843. The maximum atomic E-state index is 13.3. The Morgan fingerprint density at radius 3 is 2.61 bits per heavy atom. The molecule has 190 valence electrons. The number of para-hydroxylation sites is 1. The number of hydrogen-bond acceptors (Lipinski definition) is 6. The minimum Gasteiger partial charge on any atom is -0.493 e. The summed E-state index contributed by atoms with van der Waals surface area (Å²) in [6.07, 6.45) is 1.58. The van der Waals surface area contributed by atoms with E-state index in [2.05, 4.69) is 10.9 Å². The highest BCUT2D eigenvalue weighted by Crippen LogP contribution is 2.43. The monoisotopic (exact) mass is 494 g/mol. The third kappa shape index (κ3) is 4.58. The van der Waals surface area contributed by atoms with E-state index in [0.717, 1.165) is 6.42 Å². The number of ether oxygens (including phenoxy) is 2. The lowest BCUT2D eigenvalue weighted by Gasteiger charge is -2.48. The number of nitrogens with zero attached hydrogens (tertiary/aromatic N) is 2. The van der Waals surface area contributed by atoms with Gasteiger partial charge >= 0.3 is 0 Å². The van der Waals surface area contributed by atoms with E-state index >= 15 is 0 Å². The quantitative estimate of drug-likeness (QED) is 0.545. The van der Waals surface area contributed by atoms with Gasteiger partial charge in [0.2, 0.25) is 11.8 Å². The summed E-state index contributed by atoms with van der Waals surface area (Å²) in [7, 11) is 1.48. The normalized spacial score (nSPS) is 18.4. The fraction of sp³-hybridized carbons (Fsp3) is 0.385. The number of fused-ring (bicyclic) bond motifs is 3. The topological polar surface area (TPSA) is 117 Å². The van der Waals surface area contributed by atoms with E-state index in [1.54, 1.807) is 46.2 Å². The van der Waals surface area contributed by atoms with Crippen LogP contribution >= 0.6 is 0 Å². The molecule has 2 N–H and O–H groups in total. The Balaban J connectivity index is 1.38. The second-order valence-electron chi connectivity index (χ2n) is 8.89. The van der Waals surface area contributed by atoms with Crippen molar-refractivity contribution in [2.75, 3.05) is 25.2 Å². The van der Waals surface area contributed by atoms with Gasteiger partial charge in [-0.3, -0.25) is 34.9 Å². The molecular formula is C26H30N4O6. The van der Waals surface area contributed by atoms with Crippen molar-refractivity contribution >= 4 is 29.3 Å². The van der Waals surface area contributed by atoms with Gasteiger partial charge in [-0.15, -0.1) is 0 Å². The second kappa shape index (κ2) is 10.3. The number of hydrazine groups is 1. The Bertz CT molecular complexity index is 1200. The van der Waals surface area contributed by atoms with E-state index in [9.17, 15) is 19.2 Å². The minimum absolute atomic E-state index is 0.0549. The molecule has 2 aromatic rings. The van der Waals surface area contributed by atoms with Gasteiger partial charge in [0.25, 0.3) is 11.8 Å². The largest absolute Gasteiger partial charge is 0.493 e. The molecule has 1 fully saturated rings. The molecule has 0 bridgehead atoms. The number of nitrogens with one attached hydrogen (secondary N) is 2. The highest BCUT2D eigenvalue weighted by atomic mass is 16.5. The molecule has 0 saturated carbocycles. The third-order valence-electron chi connectivity index (χ3n) is 6.51. The van der Waals surface area contributed by atoms with Gasteiger partial charge in [0.05, 0.1) is 25.0 Å². The molecule has 0 aliphatic carbocycles. The van der Waals surface area contributed by atoms with Crippen LogP contribution in [0.4, 0.5) is 5.69 Å². The molecule has 2 aliphatic rings. The summed E-state index contributed by atoms with van der Waals surface area (Å²) in [5, 5.41) is 0. The fourth-order valence-corrected chi connectivity index (χ4v) is 4.66. The molecule has 10 nitrogen and oxygen atoms in total. The number of hydrogen-bond donors (Lipinski definition) is 2. The van der Waals surface area contributed by atoms with E-state index < -0.39 is 17.5 Å². The molecule has 1 unspecified atom stereocenters.